The lowest BCUT2D eigenvalue weighted by molar-refractivity contribution is 0.643. The summed E-state index contributed by atoms with van der Waals surface area (Å²) in [7, 11) is 1.95. The molecular formula is C17H26N6. The largest absolute Gasteiger partial charge is 0.354 e. The number of aliphatic imine (C=N–C) groups is 1. The number of hydrogen-bond donors (Lipinski definition) is 2. The molecule has 6 heteroatoms. The van der Waals surface area contributed by atoms with Gasteiger partial charge in [0.1, 0.15) is 12.4 Å². The number of hydrogen-bond acceptors (Lipinski definition) is 3. The van der Waals surface area contributed by atoms with Crippen LogP contribution < -0.4 is 10.6 Å². The molecule has 0 fully saturated rings. The summed E-state index contributed by atoms with van der Waals surface area (Å²) in [6.45, 7) is 8.73. The van der Waals surface area contributed by atoms with Gasteiger partial charge in [0.2, 0.25) is 0 Å². The molecule has 0 radical (unpaired) electrons. The number of nitrogens with one attached hydrogen (secondary N) is 2. The number of rotatable bonds is 5. The van der Waals surface area contributed by atoms with E-state index in [0.29, 0.717) is 12.6 Å². The van der Waals surface area contributed by atoms with Crippen LogP contribution >= 0.6 is 0 Å². The van der Waals surface area contributed by atoms with Crippen molar-refractivity contribution in [3.63, 3.8) is 0 Å². The van der Waals surface area contributed by atoms with Crippen LogP contribution in [0.4, 0.5) is 0 Å². The molecule has 1 aromatic heterocycles. The van der Waals surface area contributed by atoms with Gasteiger partial charge in [0.05, 0.1) is 6.04 Å². The first-order valence-corrected chi connectivity index (χ1v) is 7.94. The fraction of sp³-hybridized carbons (Fsp3) is 0.471. The third-order valence-electron chi connectivity index (χ3n) is 3.64. The van der Waals surface area contributed by atoms with Crippen molar-refractivity contribution >= 4 is 5.96 Å². The minimum atomic E-state index is 0.169. The van der Waals surface area contributed by atoms with Crippen molar-refractivity contribution in [2.24, 2.45) is 12.0 Å². The molecule has 2 N–H and O–H groups in total. The summed E-state index contributed by atoms with van der Waals surface area (Å²) < 4.78 is 1.96. The van der Waals surface area contributed by atoms with Crippen molar-refractivity contribution in [2.45, 2.75) is 46.3 Å². The first-order valence-electron chi connectivity index (χ1n) is 7.94. The second-order valence-electron chi connectivity index (χ2n) is 5.96. The molecule has 6 nitrogen and oxygen atoms in total. The van der Waals surface area contributed by atoms with Crippen LogP contribution in [0.5, 0.6) is 0 Å². The Kier molecular flexibility index (Phi) is 5.73. The van der Waals surface area contributed by atoms with E-state index in [2.05, 4.69) is 58.7 Å². The van der Waals surface area contributed by atoms with E-state index in [4.69, 9.17) is 0 Å². The van der Waals surface area contributed by atoms with E-state index in [0.717, 1.165) is 17.6 Å². The van der Waals surface area contributed by atoms with Gasteiger partial charge in [0.25, 0.3) is 0 Å². The van der Waals surface area contributed by atoms with Crippen LogP contribution in [-0.2, 0) is 13.6 Å². The first kappa shape index (κ1) is 17.0. The Hall–Kier alpha value is -2.37. The Morgan fingerprint density at radius 2 is 1.83 bits per heavy atom. The van der Waals surface area contributed by atoms with E-state index in [1.165, 1.54) is 5.56 Å². The van der Waals surface area contributed by atoms with Crippen molar-refractivity contribution in [3.05, 3.63) is 47.5 Å². The Labute approximate surface area is 138 Å². The summed E-state index contributed by atoms with van der Waals surface area (Å²) >= 11 is 0. The van der Waals surface area contributed by atoms with Gasteiger partial charge >= 0.3 is 0 Å². The predicted octanol–water partition coefficient (Wildman–Crippen LogP) is 2.33. The number of guanidine groups is 1. The van der Waals surface area contributed by atoms with Crippen LogP contribution in [0.2, 0.25) is 0 Å². The molecule has 0 aliphatic rings. The van der Waals surface area contributed by atoms with Crippen LogP contribution in [0.1, 0.15) is 44.0 Å². The van der Waals surface area contributed by atoms with Gasteiger partial charge in [-0.25, -0.2) is 4.99 Å². The third-order valence-corrected chi connectivity index (χ3v) is 3.64. The van der Waals surface area contributed by atoms with Gasteiger partial charge in [0, 0.05) is 13.1 Å². The summed E-state index contributed by atoms with van der Waals surface area (Å²) in [5.74, 6) is 2.51. The second kappa shape index (κ2) is 7.76. The minimum Gasteiger partial charge on any atom is -0.354 e. The fourth-order valence-electron chi connectivity index (χ4n) is 2.17. The summed E-state index contributed by atoms with van der Waals surface area (Å²) in [5, 5.41) is 15.0. The molecule has 1 heterocycles. The lowest BCUT2D eigenvalue weighted by Gasteiger charge is -2.20. The highest BCUT2D eigenvalue weighted by atomic mass is 15.3. The zero-order valence-electron chi connectivity index (χ0n) is 14.5. The van der Waals surface area contributed by atoms with E-state index in [-0.39, 0.29) is 6.04 Å². The number of aryl methyl sites for hydroxylation is 1. The zero-order chi connectivity index (χ0) is 16.8. The van der Waals surface area contributed by atoms with Crippen molar-refractivity contribution in [2.75, 3.05) is 0 Å². The second-order valence-corrected chi connectivity index (χ2v) is 5.96. The maximum Gasteiger partial charge on any atom is 0.192 e. The molecule has 0 aliphatic carbocycles. The molecule has 2 rings (SSSR count). The van der Waals surface area contributed by atoms with E-state index in [9.17, 15) is 0 Å². The fourth-order valence-corrected chi connectivity index (χ4v) is 2.17. The molecule has 0 bridgehead atoms. The van der Waals surface area contributed by atoms with Gasteiger partial charge < -0.3 is 15.2 Å². The van der Waals surface area contributed by atoms with Crippen molar-refractivity contribution in [3.8, 4) is 0 Å². The highest BCUT2D eigenvalue weighted by Crippen LogP contribution is 2.11. The quantitative estimate of drug-likeness (QED) is 0.656. The molecule has 0 amide bonds. The average Bonchev–Trinajstić information content (AvgIpc) is 2.84. The average molecular weight is 314 g/mol. The van der Waals surface area contributed by atoms with Gasteiger partial charge in [-0.1, -0.05) is 30.3 Å². The van der Waals surface area contributed by atoms with E-state index < -0.39 is 0 Å². The standard InChI is InChI=1S/C17H26N6/c1-12(2)19-17(18-11-16-22-21-14(4)23(16)5)20-13(3)15-9-7-6-8-10-15/h6-10,12-13H,11H2,1-5H3,(H2,18,19,20). The molecule has 2 aromatic rings. The summed E-state index contributed by atoms with van der Waals surface area (Å²) in [6.07, 6.45) is 0. The van der Waals surface area contributed by atoms with Gasteiger partial charge in [0.15, 0.2) is 11.8 Å². The Balaban J connectivity index is 2.10. The van der Waals surface area contributed by atoms with Crippen LogP contribution in [0.25, 0.3) is 0 Å². The van der Waals surface area contributed by atoms with Crippen LogP contribution in [0.15, 0.2) is 35.3 Å². The lowest BCUT2D eigenvalue weighted by atomic mass is 10.1. The third kappa shape index (κ3) is 4.81. The first-order chi connectivity index (χ1) is 11.0. The Morgan fingerprint density at radius 3 is 2.39 bits per heavy atom. The van der Waals surface area contributed by atoms with Gasteiger partial charge in [-0.3, -0.25) is 0 Å². The van der Waals surface area contributed by atoms with E-state index in [1.807, 2.05) is 36.7 Å². The number of benzene rings is 1. The molecule has 124 valence electrons. The minimum absolute atomic E-state index is 0.169. The molecule has 23 heavy (non-hydrogen) atoms. The van der Waals surface area contributed by atoms with Crippen LogP contribution in [0.3, 0.4) is 0 Å². The summed E-state index contributed by atoms with van der Waals surface area (Å²) in [5.41, 5.74) is 1.22. The molecule has 1 unspecified atom stereocenters. The van der Waals surface area contributed by atoms with Crippen LogP contribution in [0, 0.1) is 6.92 Å². The lowest BCUT2D eigenvalue weighted by Crippen LogP contribution is -2.42. The molecule has 0 aliphatic heterocycles. The van der Waals surface area contributed by atoms with Gasteiger partial charge in [-0.15, -0.1) is 10.2 Å². The number of nitrogens with zero attached hydrogens (tertiary/aromatic N) is 4. The van der Waals surface area contributed by atoms with E-state index >= 15 is 0 Å². The normalized spacial score (nSPS) is 13.2. The van der Waals surface area contributed by atoms with Gasteiger partial charge in [-0.2, -0.15) is 0 Å². The Morgan fingerprint density at radius 1 is 1.13 bits per heavy atom. The SMILES string of the molecule is Cc1nnc(CN=C(NC(C)C)NC(C)c2ccccc2)n1C. The smallest absolute Gasteiger partial charge is 0.192 e. The highest BCUT2D eigenvalue weighted by molar-refractivity contribution is 5.80. The van der Waals surface area contributed by atoms with Crippen molar-refractivity contribution < 1.29 is 0 Å². The monoisotopic (exact) mass is 314 g/mol. The molecular weight excluding hydrogens is 288 g/mol. The maximum atomic E-state index is 4.64. The Bertz CT molecular complexity index is 644. The van der Waals surface area contributed by atoms with Crippen LogP contribution in [-0.4, -0.2) is 26.8 Å². The van der Waals surface area contributed by atoms with E-state index in [1.54, 1.807) is 0 Å². The van der Waals surface area contributed by atoms with Crippen molar-refractivity contribution in [1.29, 1.82) is 0 Å². The molecule has 1 atom stereocenters. The number of aromatic nitrogens is 3. The molecule has 1 aromatic carbocycles. The van der Waals surface area contributed by atoms with Crippen molar-refractivity contribution in [1.82, 2.24) is 25.4 Å². The zero-order valence-corrected chi connectivity index (χ0v) is 14.5. The molecule has 0 saturated heterocycles. The summed E-state index contributed by atoms with van der Waals surface area (Å²) in [4.78, 5) is 4.64. The highest BCUT2D eigenvalue weighted by Gasteiger charge is 2.10. The topological polar surface area (TPSA) is 67.1 Å². The summed E-state index contributed by atoms with van der Waals surface area (Å²) in [6, 6.07) is 10.8. The predicted molar refractivity (Wildman–Crippen MR) is 93.1 cm³/mol. The molecule has 0 spiro atoms. The maximum absolute atomic E-state index is 4.64. The van der Waals surface area contributed by atoms with Gasteiger partial charge in [-0.05, 0) is 33.3 Å². The molecule has 0 saturated carbocycles.